The first-order valence-electron chi connectivity index (χ1n) is 14.1. The van der Waals surface area contributed by atoms with Crippen LogP contribution in [0.15, 0.2) is 54.1 Å². The molecule has 1 fully saturated rings. The molecule has 1 aromatic heterocycles. The number of rotatable bonds is 12. The highest BCUT2D eigenvalue weighted by Gasteiger charge is 2.48. The van der Waals surface area contributed by atoms with Gasteiger partial charge in [-0.15, -0.1) is 0 Å². The lowest BCUT2D eigenvalue weighted by Gasteiger charge is -2.23. The van der Waals surface area contributed by atoms with Crippen molar-refractivity contribution in [2.45, 2.75) is 53.5 Å². The van der Waals surface area contributed by atoms with E-state index in [4.69, 9.17) is 14.2 Å². The summed E-state index contributed by atoms with van der Waals surface area (Å²) in [6, 6.07) is 12.7. The molecule has 1 amide bonds. The number of aromatic nitrogens is 1. The number of carbonyl (C=O) groups excluding carboxylic acids is 3. The van der Waals surface area contributed by atoms with Crippen LogP contribution in [0.3, 0.4) is 0 Å². The fourth-order valence-electron chi connectivity index (χ4n) is 4.44. The van der Waals surface area contributed by atoms with Crippen molar-refractivity contribution in [3.63, 3.8) is 0 Å². The second-order valence-corrected chi connectivity index (χ2v) is 11.3. The number of aliphatic hydroxyl groups is 1. The van der Waals surface area contributed by atoms with Crippen molar-refractivity contribution in [2.75, 3.05) is 24.7 Å². The number of hydrogen-bond acceptors (Lipinski definition) is 9. The molecule has 42 heavy (non-hydrogen) atoms. The molecular formula is C32H36N2O7S. The zero-order chi connectivity index (χ0) is 30.4. The Balaban J connectivity index is 1.78. The maximum atomic E-state index is 13.5. The van der Waals surface area contributed by atoms with E-state index < -0.39 is 23.7 Å². The Morgan fingerprint density at radius 3 is 2.29 bits per heavy atom. The zero-order valence-electron chi connectivity index (χ0n) is 24.5. The molecule has 1 atom stereocenters. The van der Waals surface area contributed by atoms with Gasteiger partial charge in [-0.2, -0.15) is 0 Å². The quantitative estimate of drug-likeness (QED) is 0.0837. The first kappa shape index (κ1) is 30.8. The Morgan fingerprint density at radius 1 is 1.02 bits per heavy atom. The molecular weight excluding hydrogens is 556 g/mol. The topological polar surface area (TPSA) is 115 Å². The first-order valence-corrected chi connectivity index (χ1v) is 14.9. The van der Waals surface area contributed by atoms with E-state index >= 15 is 0 Å². The van der Waals surface area contributed by atoms with Gasteiger partial charge >= 0.3 is 11.9 Å². The third-order valence-corrected chi connectivity index (χ3v) is 7.71. The van der Waals surface area contributed by atoms with Crippen LogP contribution in [0.5, 0.6) is 11.5 Å². The van der Waals surface area contributed by atoms with Crippen molar-refractivity contribution in [1.82, 2.24) is 4.98 Å². The van der Waals surface area contributed by atoms with Crippen molar-refractivity contribution in [3.05, 3.63) is 75.8 Å². The van der Waals surface area contributed by atoms with E-state index in [-0.39, 0.29) is 33.9 Å². The second kappa shape index (κ2) is 13.7. The minimum atomic E-state index is -0.994. The summed E-state index contributed by atoms with van der Waals surface area (Å²) in [7, 11) is 0. The van der Waals surface area contributed by atoms with Crippen LogP contribution in [0, 0.1) is 12.8 Å². The van der Waals surface area contributed by atoms with Gasteiger partial charge in [0.1, 0.15) is 22.1 Å². The van der Waals surface area contributed by atoms with Crippen LogP contribution in [0.1, 0.15) is 73.1 Å². The SMILES string of the molecule is CCCCOc1ccc(/C(O)=C2/C(=O)C(=O)N(c3nc(C)c(C(=O)OCC(C)C)s3)C2c2ccc(OCC)cc2)cc1. The lowest BCUT2D eigenvalue weighted by Crippen LogP contribution is -2.29. The van der Waals surface area contributed by atoms with Gasteiger partial charge < -0.3 is 19.3 Å². The molecule has 10 heteroatoms. The van der Waals surface area contributed by atoms with E-state index in [9.17, 15) is 19.5 Å². The van der Waals surface area contributed by atoms with E-state index in [1.54, 1.807) is 55.5 Å². The van der Waals surface area contributed by atoms with Crippen molar-refractivity contribution in [1.29, 1.82) is 0 Å². The molecule has 3 aromatic rings. The zero-order valence-corrected chi connectivity index (χ0v) is 25.3. The summed E-state index contributed by atoms with van der Waals surface area (Å²) in [5.74, 6) is -1.16. The largest absolute Gasteiger partial charge is 0.507 e. The average Bonchev–Trinajstić information content (AvgIpc) is 3.48. The highest BCUT2D eigenvalue weighted by molar-refractivity contribution is 7.17. The molecule has 0 aliphatic carbocycles. The van der Waals surface area contributed by atoms with Gasteiger partial charge in [0.2, 0.25) is 0 Å². The van der Waals surface area contributed by atoms with Crippen LogP contribution >= 0.6 is 11.3 Å². The Hall–Kier alpha value is -4.18. The molecule has 1 aliphatic rings. The van der Waals surface area contributed by atoms with E-state index in [0.29, 0.717) is 41.5 Å². The van der Waals surface area contributed by atoms with Gasteiger partial charge in [0, 0.05) is 5.56 Å². The van der Waals surface area contributed by atoms with E-state index in [1.807, 2.05) is 20.8 Å². The third kappa shape index (κ3) is 6.65. The summed E-state index contributed by atoms with van der Waals surface area (Å²) in [5, 5.41) is 11.6. The fraction of sp³-hybridized carbons (Fsp3) is 0.375. The maximum absolute atomic E-state index is 13.5. The van der Waals surface area contributed by atoms with Gasteiger partial charge in [-0.3, -0.25) is 14.5 Å². The van der Waals surface area contributed by atoms with Crippen LogP contribution in [0.25, 0.3) is 5.76 Å². The molecule has 2 aromatic carbocycles. The van der Waals surface area contributed by atoms with E-state index in [2.05, 4.69) is 11.9 Å². The van der Waals surface area contributed by atoms with E-state index in [0.717, 1.165) is 24.2 Å². The monoisotopic (exact) mass is 592 g/mol. The minimum Gasteiger partial charge on any atom is -0.507 e. The summed E-state index contributed by atoms with van der Waals surface area (Å²) < 4.78 is 16.7. The second-order valence-electron chi connectivity index (χ2n) is 10.3. The standard InChI is InChI=1S/C32H36N2O7S/c1-6-8-17-40-24-15-11-22(12-16-24)27(35)25-26(21-9-13-23(14-10-21)39-7-2)34(30(37)28(25)36)32-33-20(5)29(42-32)31(38)41-18-19(3)4/h9-16,19,26,35H,6-8,17-18H2,1-5H3/b27-25-. The number of benzene rings is 2. The van der Waals surface area contributed by atoms with E-state index in [1.165, 1.54) is 4.90 Å². The van der Waals surface area contributed by atoms with Gasteiger partial charge in [-0.1, -0.05) is 50.7 Å². The summed E-state index contributed by atoms with van der Waals surface area (Å²) in [4.78, 5) is 45.8. The average molecular weight is 593 g/mol. The van der Waals surface area contributed by atoms with Crippen LogP contribution in [-0.4, -0.2) is 47.6 Å². The predicted octanol–water partition coefficient (Wildman–Crippen LogP) is 6.47. The molecule has 1 aliphatic heterocycles. The number of amides is 1. The number of anilines is 1. The molecule has 222 valence electrons. The Morgan fingerprint density at radius 2 is 1.67 bits per heavy atom. The highest BCUT2D eigenvalue weighted by Crippen LogP contribution is 2.44. The molecule has 0 spiro atoms. The van der Waals surface area contributed by atoms with Crippen molar-refractivity contribution in [2.24, 2.45) is 5.92 Å². The van der Waals surface area contributed by atoms with Crippen molar-refractivity contribution in [3.8, 4) is 11.5 Å². The smallest absolute Gasteiger partial charge is 0.350 e. The molecule has 9 nitrogen and oxygen atoms in total. The first-order chi connectivity index (χ1) is 20.2. The summed E-state index contributed by atoms with van der Waals surface area (Å²) in [6.07, 6.45) is 1.92. The number of ether oxygens (including phenoxy) is 3. The van der Waals surface area contributed by atoms with Crippen molar-refractivity contribution < 1.29 is 33.7 Å². The van der Waals surface area contributed by atoms with Crippen LogP contribution in [0.4, 0.5) is 5.13 Å². The lowest BCUT2D eigenvalue weighted by atomic mass is 9.95. The van der Waals surface area contributed by atoms with Gasteiger partial charge in [0.15, 0.2) is 5.13 Å². The molecule has 0 saturated carbocycles. The van der Waals surface area contributed by atoms with Crippen molar-refractivity contribution >= 4 is 39.9 Å². The molecule has 4 rings (SSSR count). The molecule has 0 radical (unpaired) electrons. The minimum absolute atomic E-state index is 0.0828. The number of aryl methyl sites for hydroxylation is 1. The number of thiazole rings is 1. The number of ketones is 1. The summed E-state index contributed by atoms with van der Waals surface area (Å²) in [5.41, 5.74) is 1.23. The number of unbranched alkanes of at least 4 members (excludes halogenated alkanes) is 1. The molecule has 1 saturated heterocycles. The number of esters is 1. The van der Waals surface area contributed by atoms with Gasteiger partial charge in [0.25, 0.3) is 5.78 Å². The number of Topliss-reactive ketones (excluding diaryl/α,β-unsaturated/α-hetero) is 1. The normalized spacial score (nSPS) is 16.2. The van der Waals surface area contributed by atoms with Crippen LogP contribution in [0.2, 0.25) is 0 Å². The highest BCUT2D eigenvalue weighted by atomic mass is 32.1. The number of aliphatic hydroxyl groups excluding tert-OH is 1. The Kier molecular flexibility index (Phi) is 10.0. The molecule has 2 heterocycles. The van der Waals surface area contributed by atoms with Gasteiger partial charge in [-0.25, -0.2) is 9.78 Å². The maximum Gasteiger partial charge on any atom is 0.350 e. The molecule has 0 bridgehead atoms. The molecule has 1 unspecified atom stereocenters. The fourth-order valence-corrected chi connectivity index (χ4v) is 5.43. The Labute approximate surface area is 249 Å². The molecule has 1 N–H and O–H groups in total. The van der Waals surface area contributed by atoms with Gasteiger partial charge in [0.05, 0.1) is 37.1 Å². The lowest BCUT2D eigenvalue weighted by molar-refractivity contribution is -0.132. The summed E-state index contributed by atoms with van der Waals surface area (Å²) in [6.45, 7) is 10.8. The Bertz CT molecular complexity index is 1460. The number of carbonyl (C=O) groups is 3. The third-order valence-electron chi connectivity index (χ3n) is 6.57. The van der Waals surface area contributed by atoms with Crippen LogP contribution in [-0.2, 0) is 14.3 Å². The van der Waals surface area contributed by atoms with Gasteiger partial charge in [-0.05, 0) is 68.1 Å². The summed E-state index contributed by atoms with van der Waals surface area (Å²) >= 11 is 0.975. The predicted molar refractivity (Wildman–Crippen MR) is 161 cm³/mol. The number of nitrogens with zero attached hydrogens (tertiary/aromatic N) is 2. The van der Waals surface area contributed by atoms with Crippen LogP contribution < -0.4 is 14.4 Å². The number of hydrogen-bond donors (Lipinski definition) is 1.